The monoisotopic (exact) mass is 246 g/mol. The number of alkyl carbamates (subject to hydrolysis) is 1. The molecule has 0 aromatic carbocycles. The van der Waals surface area contributed by atoms with Crippen LogP contribution in [0.25, 0.3) is 0 Å². The van der Waals surface area contributed by atoms with Gasteiger partial charge in [0.1, 0.15) is 5.60 Å². The van der Waals surface area contributed by atoms with Gasteiger partial charge in [-0.05, 0) is 47.1 Å². The van der Waals surface area contributed by atoms with Crippen LogP contribution in [0.2, 0.25) is 0 Å². The molecule has 0 fully saturated rings. The van der Waals surface area contributed by atoms with Crippen molar-refractivity contribution >= 4 is 6.09 Å². The first-order valence-corrected chi connectivity index (χ1v) is 6.16. The second-order valence-electron chi connectivity index (χ2n) is 5.17. The van der Waals surface area contributed by atoms with Crippen LogP contribution in [-0.2, 0) is 4.74 Å². The molecule has 5 nitrogen and oxygen atoms in total. The predicted octanol–water partition coefficient (Wildman–Crippen LogP) is 1.26. The molecule has 0 aromatic heterocycles. The average molecular weight is 246 g/mol. The van der Waals surface area contributed by atoms with Crippen LogP contribution in [0, 0.1) is 0 Å². The van der Waals surface area contributed by atoms with Gasteiger partial charge in [0.2, 0.25) is 0 Å². The zero-order chi connectivity index (χ0) is 13.3. The van der Waals surface area contributed by atoms with Gasteiger partial charge in [0.05, 0.1) is 0 Å². The maximum Gasteiger partial charge on any atom is 0.407 e. The van der Waals surface area contributed by atoms with E-state index in [0.29, 0.717) is 6.54 Å². The number of aliphatic hydroxyl groups is 1. The first kappa shape index (κ1) is 16.2. The molecule has 1 amide bonds. The highest BCUT2D eigenvalue weighted by Gasteiger charge is 2.16. The third-order valence-corrected chi connectivity index (χ3v) is 2.03. The second-order valence-corrected chi connectivity index (χ2v) is 5.17. The van der Waals surface area contributed by atoms with Crippen molar-refractivity contribution in [3.63, 3.8) is 0 Å². The van der Waals surface area contributed by atoms with Crippen molar-refractivity contribution in [3.05, 3.63) is 0 Å². The molecule has 0 spiro atoms. The molecular weight excluding hydrogens is 220 g/mol. The lowest BCUT2D eigenvalue weighted by molar-refractivity contribution is 0.0523. The van der Waals surface area contributed by atoms with E-state index in [0.717, 1.165) is 19.4 Å². The summed E-state index contributed by atoms with van der Waals surface area (Å²) in [5, 5.41) is 14.6. The van der Waals surface area contributed by atoms with E-state index in [1.165, 1.54) is 0 Å². The van der Waals surface area contributed by atoms with E-state index >= 15 is 0 Å². The van der Waals surface area contributed by atoms with Gasteiger partial charge >= 0.3 is 6.09 Å². The summed E-state index contributed by atoms with van der Waals surface area (Å²) in [6.45, 7) is 9.11. The Bertz CT molecular complexity index is 214. The number of amides is 1. The van der Waals surface area contributed by atoms with E-state index in [2.05, 4.69) is 10.6 Å². The van der Waals surface area contributed by atoms with E-state index in [4.69, 9.17) is 9.84 Å². The van der Waals surface area contributed by atoms with Crippen molar-refractivity contribution in [2.75, 3.05) is 19.7 Å². The number of rotatable bonds is 7. The van der Waals surface area contributed by atoms with Gasteiger partial charge in [-0.3, -0.25) is 0 Å². The molecular formula is C12H26N2O3. The molecule has 1 unspecified atom stereocenters. The molecule has 1 atom stereocenters. The van der Waals surface area contributed by atoms with Crippen molar-refractivity contribution in [1.82, 2.24) is 10.6 Å². The highest BCUT2D eigenvalue weighted by molar-refractivity contribution is 5.67. The van der Waals surface area contributed by atoms with Crippen LogP contribution in [-0.4, -0.2) is 42.5 Å². The Balaban J connectivity index is 3.55. The van der Waals surface area contributed by atoms with Crippen molar-refractivity contribution < 1.29 is 14.6 Å². The highest BCUT2D eigenvalue weighted by atomic mass is 16.6. The predicted molar refractivity (Wildman–Crippen MR) is 68.0 cm³/mol. The summed E-state index contributed by atoms with van der Waals surface area (Å²) in [7, 11) is 0. The van der Waals surface area contributed by atoms with E-state index < -0.39 is 5.60 Å². The summed E-state index contributed by atoms with van der Waals surface area (Å²) in [6.07, 6.45) is 1.36. The Hall–Kier alpha value is -0.810. The lowest BCUT2D eigenvalue weighted by atomic mass is 10.2. The maximum absolute atomic E-state index is 11.3. The number of hydrogen-bond donors (Lipinski definition) is 3. The molecule has 0 rings (SSSR count). The molecule has 5 heteroatoms. The minimum absolute atomic E-state index is 0.196. The van der Waals surface area contributed by atoms with Crippen LogP contribution in [0.15, 0.2) is 0 Å². The van der Waals surface area contributed by atoms with Gasteiger partial charge in [0.15, 0.2) is 0 Å². The second kappa shape index (κ2) is 8.31. The normalized spacial score (nSPS) is 13.2. The molecule has 0 heterocycles. The SMILES string of the molecule is CC(CNC(=O)OC(C)(C)C)NCCCCO. The summed E-state index contributed by atoms with van der Waals surface area (Å²) in [6, 6.07) is 0.196. The van der Waals surface area contributed by atoms with Crippen molar-refractivity contribution in [3.8, 4) is 0 Å². The van der Waals surface area contributed by atoms with Gasteiger partial charge in [-0.15, -0.1) is 0 Å². The quantitative estimate of drug-likeness (QED) is 0.591. The Labute approximate surface area is 104 Å². The summed E-state index contributed by atoms with van der Waals surface area (Å²) >= 11 is 0. The van der Waals surface area contributed by atoms with E-state index in [1.54, 1.807) is 0 Å². The zero-order valence-electron chi connectivity index (χ0n) is 11.4. The van der Waals surface area contributed by atoms with Gasteiger partial charge < -0.3 is 20.5 Å². The largest absolute Gasteiger partial charge is 0.444 e. The molecule has 102 valence electrons. The van der Waals surface area contributed by atoms with Crippen LogP contribution in [0.4, 0.5) is 4.79 Å². The average Bonchev–Trinajstić information content (AvgIpc) is 2.19. The van der Waals surface area contributed by atoms with Crippen molar-refractivity contribution in [1.29, 1.82) is 0 Å². The molecule has 0 bridgehead atoms. The highest BCUT2D eigenvalue weighted by Crippen LogP contribution is 2.06. The van der Waals surface area contributed by atoms with Gasteiger partial charge in [-0.2, -0.15) is 0 Å². The molecule has 0 radical (unpaired) electrons. The van der Waals surface area contributed by atoms with Gasteiger partial charge in [0, 0.05) is 19.2 Å². The molecule has 17 heavy (non-hydrogen) atoms. The summed E-state index contributed by atoms with van der Waals surface area (Å²) in [5.74, 6) is 0. The summed E-state index contributed by atoms with van der Waals surface area (Å²) < 4.78 is 5.12. The van der Waals surface area contributed by atoms with Gasteiger partial charge in [0.25, 0.3) is 0 Å². The molecule has 0 aliphatic carbocycles. The van der Waals surface area contributed by atoms with Crippen molar-refractivity contribution in [2.45, 2.75) is 52.2 Å². The maximum atomic E-state index is 11.3. The number of hydrogen-bond acceptors (Lipinski definition) is 4. The Morgan fingerprint density at radius 3 is 2.53 bits per heavy atom. The van der Waals surface area contributed by atoms with E-state index in [-0.39, 0.29) is 18.7 Å². The first-order valence-electron chi connectivity index (χ1n) is 6.16. The number of nitrogens with one attached hydrogen (secondary N) is 2. The van der Waals surface area contributed by atoms with Crippen LogP contribution >= 0.6 is 0 Å². The van der Waals surface area contributed by atoms with E-state index in [1.807, 2.05) is 27.7 Å². The summed E-state index contributed by atoms with van der Waals surface area (Å²) in [5.41, 5.74) is -0.456. The van der Waals surface area contributed by atoms with Crippen LogP contribution in [0.1, 0.15) is 40.5 Å². The fraction of sp³-hybridized carbons (Fsp3) is 0.917. The molecule has 3 N–H and O–H groups in total. The number of carbonyl (C=O) groups is 1. The van der Waals surface area contributed by atoms with Crippen LogP contribution in [0.5, 0.6) is 0 Å². The topological polar surface area (TPSA) is 70.6 Å². The zero-order valence-corrected chi connectivity index (χ0v) is 11.4. The molecule has 0 saturated heterocycles. The smallest absolute Gasteiger partial charge is 0.407 e. The minimum atomic E-state index is -0.456. The van der Waals surface area contributed by atoms with E-state index in [9.17, 15) is 4.79 Å². The number of carbonyl (C=O) groups excluding carboxylic acids is 1. The minimum Gasteiger partial charge on any atom is -0.444 e. The fourth-order valence-corrected chi connectivity index (χ4v) is 1.21. The van der Waals surface area contributed by atoms with Gasteiger partial charge in [-0.1, -0.05) is 0 Å². The third kappa shape index (κ3) is 11.5. The van der Waals surface area contributed by atoms with Gasteiger partial charge in [-0.25, -0.2) is 4.79 Å². The Morgan fingerprint density at radius 1 is 1.35 bits per heavy atom. The Kier molecular flexibility index (Phi) is 7.91. The standard InChI is InChI=1S/C12H26N2O3/c1-10(13-7-5-6-8-15)9-14-11(16)17-12(2,3)4/h10,13,15H,5-9H2,1-4H3,(H,14,16). The fourth-order valence-electron chi connectivity index (χ4n) is 1.21. The first-order chi connectivity index (χ1) is 7.85. The lowest BCUT2D eigenvalue weighted by Gasteiger charge is -2.21. The molecule has 0 aliphatic heterocycles. The molecule has 0 aliphatic rings. The van der Waals surface area contributed by atoms with Crippen LogP contribution in [0.3, 0.4) is 0 Å². The summed E-state index contributed by atoms with van der Waals surface area (Å²) in [4.78, 5) is 11.3. The van der Waals surface area contributed by atoms with Crippen LogP contribution < -0.4 is 10.6 Å². The number of aliphatic hydroxyl groups excluding tert-OH is 1. The third-order valence-electron chi connectivity index (χ3n) is 2.03. The number of ether oxygens (including phenoxy) is 1. The number of unbranched alkanes of at least 4 members (excludes halogenated alkanes) is 1. The van der Waals surface area contributed by atoms with Crippen molar-refractivity contribution in [2.24, 2.45) is 0 Å². The Morgan fingerprint density at radius 2 is 2.00 bits per heavy atom. The molecule has 0 saturated carbocycles. The lowest BCUT2D eigenvalue weighted by Crippen LogP contribution is -2.41. The molecule has 0 aromatic rings.